The number of rotatable bonds is 7. The Balaban J connectivity index is 1.60. The molecule has 0 radical (unpaired) electrons. The van der Waals surface area contributed by atoms with Gasteiger partial charge in [-0.15, -0.1) is 0 Å². The summed E-state index contributed by atoms with van der Waals surface area (Å²) >= 11 is 0. The van der Waals surface area contributed by atoms with E-state index in [0.717, 1.165) is 6.04 Å². The Morgan fingerprint density at radius 2 is 2.00 bits per heavy atom. The highest BCUT2D eigenvalue weighted by molar-refractivity contribution is 6.76. The van der Waals surface area contributed by atoms with Crippen LogP contribution in [0.5, 0.6) is 0 Å². The molecule has 4 aromatic heterocycles. The van der Waals surface area contributed by atoms with Gasteiger partial charge in [-0.2, -0.15) is 0 Å². The number of aromatic nitrogens is 6. The summed E-state index contributed by atoms with van der Waals surface area (Å²) in [5.41, 5.74) is 7.92. The molecule has 0 aromatic carbocycles. The van der Waals surface area contributed by atoms with Crippen LogP contribution in [0, 0.1) is 5.82 Å². The van der Waals surface area contributed by atoms with E-state index in [0.29, 0.717) is 55.2 Å². The monoisotopic (exact) mass is 499 g/mol. The highest BCUT2D eigenvalue weighted by Crippen LogP contribution is 2.28. The lowest BCUT2D eigenvalue weighted by Crippen LogP contribution is -2.31. The molecule has 5 heterocycles. The van der Waals surface area contributed by atoms with E-state index in [1.807, 2.05) is 0 Å². The Hall–Kier alpha value is -3.09. The largest absolute Gasteiger partial charge is 0.382 e. The molecule has 0 amide bonds. The van der Waals surface area contributed by atoms with E-state index in [1.54, 1.807) is 21.4 Å². The van der Waals surface area contributed by atoms with Gasteiger partial charge in [0.1, 0.15) is 29.4 Å². The zero-order valence-electron chi connectivity index (χ0n) is 20.2. The van der Waals surface area contributed by atoms with Crippen molar-refractivity contribution in [2.45, 2.75) is 51.3 Å². The molecule has 1 aliphatic rings. The maximum Gasteiger partial charge on any atom is 0.332 e. The molecule has 2 N–H and O–H groups in total. The fraction of sp³-hybridized carbons (Fsp3) is 0.478. The molecule has 186 valence electrons. The quantitative estimate of drug-likeness (QED) is 0.306. The van der Waals surface area contributed by atoms with E-state index in [4.69, 9.17) is 20.2 Å². The summed E-state index contributed by atoms with van der Waals surface area (Å²) in [6.45, 7) is 8.73. The zero-order chi connectivity index (χ0) is 24.7. The third-order valence-electron chi connectivity index (χ3n) is 6.30. The Labute approximate surface area is 202 Å². The van der Waals surface area contributed by atoms with Crippen LogP contribution < -0.4 is 11.4 Å². The fourth-order valence-electron chi connectivity index (χ4n) is 4.36. The van der Waals surface area contributed by atoms with Crippen molar-refractivity contribution in [1.29, 1.82) is 0 Å². The molecule has 10 nitrogen and oxygen atoms in total. The van der Waals surface area contributed by atoms with Crippen LogP contribution in [0.4, 0.5) is 10.2 Å². The Bertz CT molecular complexity index is 1430. The first kappa shape index (κ1) is 23.6. The molecule has 1 fully saturated rings. The minimum absolute atomic E-state index is 0.0540. The lowest BCUT2D eigenvalue weighted by atomic mass is 10.1. The van der Waals surface area contributed by atoms with Crippen molar-refractivity contribution in [3.05, 3.63) is 40.8 Å². The molecule has 5 rings (SSSR count). The Morgan fingerprint density at radius 1 is 1.23 bits per heavy atom. The van der Waals surface area contributed by atoms with Crippen molar-refractivity contribution in [2.75, 3.05) is 25.6 Å². The first-order valence-corrected chi connectivity index (χ1v) is 15.5. The number of fused-ring (bicyclic) bond motifs is 2. The number of hydrogen-bond acceptors (Lipinski definition) is 7. The van der Waals surface area contributed by atoms with Gasteiger partial charge in [0.15, 0.2) is 17.3 Å². The molecular weight excluding hydrogens is 469 g/mol. The van der Waals surface area contributed by atoms with Gasteiger partial charge in [-0.25, -0.2) is 24.1 Å². The second-order valence-electron chi connectivity index (χ2n) is 10.1. The molecule has 0 unspecified atom stereocenters. The van der Waals surface area contributed by atoms with Crippen LogP contribution in [0.3, 0.4) is 0 Å². The molecule has 35 heavy (non-hydrogen) atoms. The third kappa shape index (κ3) is 4.60. The number of nitrogens with zero attached hydrogens (tertiary/aromatic N) is 6. The van der Waals surface area contributed by atoms with E-state index >= 15 is 0 Å². The normalized spacial score (nSPS) is 15.4. The number of nitrogen functional groups attached to an aromatic ring is 1. The van der Waals surface area contributed by atoms with Crippen LogP contribution in [0.1, 0.15) is 18.9 Å². The van der Waals surface area contributed by atoms with Gasteiger partial charge in [0.25, 0.3) is 0 Å². The molecule has 4 aromatic rings. The number of anilines is 1. The van der Waals surface area contributed by atoms with Crippen LogP contribution in [0.15, 0.2) is 29.3 Å². The van der Waals surface area contributed by atoms with Crippen molar-refractivity contribution in [3.8, 4) is 11.5 Å². The van der Waals surface area contributed by atoms with Gasteiger partial charge >= 0.3 is 5.69 Å². The van der Waals surface area contributed by atoms with Gasteiger partial charge in [-0.05, 0) is 31.0 Å². The SMILES string of the molecule is C[Si](C)(C)CCOCn1c(=O)n(C2CCOCC2)c2nc(-c3c(N)nc4ccc(F)cn34)ncc21. The van der Waals surface area contributed by atoms with Crippen LogP contribution in [0.2, 0.25) is 25.7 Å². The second kappa shape index (κ2) is 9.17. The van der Waals surface area contributed by atoms with Gasteiger partial charge in [0, 0.05) is 40.1 Å². The Kier molecular flexibility index (Phi) is 6.19. The van der Waals surface area contributed by atoms with Crippen LogP contribution in [-0.4, -0.2) is 56.4 Å². The molecule has 1 saturated heterocycles. The molecule has 0 bridgehead atoms. The lowest BCUT2D eigenvalue weighted by molar-refractivity contribution is 0.0669. The standard InChI is InChI=1S/C23H30FN7O3Si/c1-35(2,3)11-10-34-14-30-17-12-26-21(19-20(25)27-18-5-4-15(24)13-29(18)19)28-22(17)31(23(30)32)16-6-8-33-9-7-16/h4-5,12-13,16H,6-11,14,25H2,1-3H3. The van der Waals surface area contributed by atoms with Crippen molar-refractivity contribution in [1.82, 2.24) is 28.5 Å². The maximum absolute atomic E-state index is 14.0. The maximum atomic E-state index is 14.0. The molecule has 12 heteroatoms. The predicted octanol–water partition coefficient (Wildman–Crippen LogP) is 3.29. The summed E-state index contributed by atoms with van der Waals surface area (Å²) in [4.78, 5) is 27.1. The van der Waals surface area contributed by atoms with Gasteiger partial charge < -0.3 is 15.2 Å². The number of pyridine rings is 1. The number of halogens is 1. The lowest BCUT2D eigenvalue weighted by Gasteiger charge is -2.22. The van der Waals surface area contributed by atoms with Gasteiger partial charge in [-0.3, -0.25) is 13.5 Å². The van der Waals surface area contributed by atoms with Gasteiger partial charge in [0.2, 0.25) is 0 Å². The molecule has 0 atom stereocenters. The van der Waals surface area contributed by atoms with Crippen molar-refractivity contribution in [3.63, 3.8) is 0 Å². The van der Waals surface area contributed by atoms with Crippen LogP contribution >= 0.6 is 0 Å². The zero-order valence-corrected chi connectivity index (χ0v) is 21.2. The first-order chi connectivity index (χ1) is 16.7. The molecular formula is C23H30FN7O3Si. The van der Waals surface area contributed by atoms with E-state index in [2.05, 4.69) is 29.6 Å². The minimum Gasteiger partial charge on any atom is -0.382 e. The number of imidazole rings is 2. The fourth-order valence-corrected chi connectivity index (χ4v) is 5.12. The molecule has 1 aliphatic heterocycles. The summed E-state index contributed by atoms with van der Waals surface area (Å²) in [7, 11) is -1.26. The van der Waals surface area contributed by atoms with Crippen LogP contribution in [0.25, 0.3) is 28.3 Å². The summed E-state index contributed by atoms with van der Waals surface area (Å²) in [6, 6.07) is 3.81. The number of ether oxygens (including phenoxy) is 2. The van der Waals surface area contributed by atoms with E-state index in [9.17, 15) is 9.18 Å². The molecule has 0 spiro atoms. The second-order valence-corrected chi connectivity index (χ2v) is 15.7. The summed E-state index contributed by atoms with van der Waals surface area (Å²) in [5, 5.41) is 0. The van der Waals surface area contributed by atoms with Gasteiger partial charge in [-0.1, -0.05) is 19.6 Å². The summed E-state index contributed by atoms with van der Waals surface area (Å²) in [6.07, 6.45) is 4.31. The topological polar surface area (TPSA) is 114 Å². The summed E-state index contributed by atoms with van der Waals surface area (Å²) in [5.74, 6) is 0.0210. The van der Waals surface area contributed by atoms with Crippen molar-refractivity contribution < 1.29 is 13.9 Å². The highest BCUT2D eigenvalue weighted by Gasteiger charge is 2.26. The average Bonchev–Trinajstić information content (AvgIpc) is 3.28. The van der Waals surface area contributed by atoms with E-state index in [-0.39, 0.29) is 30.1 Å². The van der Waals surface area contributed by atoms with E-state index in [1.165, 1.54) is 16.7 Å². The minimum atomic E-state index is -1.26. The number of nitrogens with two attached hydrogens (primary N) is 1. The van der Waals surface area contributed by atoms with Crippen molar-refractivity contribution in [2.24, 2.45) is 0 Å². The summed E-state index contributed by atoms with van der Waals surface area (Å²) < 4.78 is 30.2. The highest BCUT2D eigenvalue weighted by atomic mass is 28.3. The van der Waals surface area contributed by atoms with Crippen LogP contribution in [-0.2, 0) is 16.2 Å². The predicted molar refractivity (Wildman–Crippen MR) is 134 cm³/mol. The Morgan fingerprint density at radius 3 is 2.74 bits per heavy atom. The third-order valence-corrected chi connectivity index (χ3v) is 8.00. The average molecular weight is 500 g/mol. The van der Waals surface area contributed by atoms with E-state index < -0.39 is 13.9 Å². The van der Waals surface area contributed by atoms with Gasteiger partial charge in [0.05, 0.1) is 6.20 Å². The smallest absolute Gasteiger partial charge is 0.332 e. The number of hydrogen-bond donors (Lipinski definition) is 1. The molecule has 0 aliphatic carbocycles. The molecule has 0 saturated carbocycles. The van der Waals surface area contributed by atoms with Crippen molar-refractivity contribution >= 4 is 30.7 Å². The first-order valence-electron chi connectivity index (χ1n) is 11.8.